The predicted octanol–water partition coefficient (Wildman–Crippen LogP) is 9.12. The molecule has 0 spiro atoms. The van der Waals surface area contributed by atoms with Gasteiger partial charge in [0.05, 0.1) is 5.52 Å². The van der Waals surface area contributed by atoms with Crippen molar-refractivity contribution in [1.29, 1.82) is 0 Å². The van der Waals surface area contributed by atoms with Crippen LogP contribution >= 0.6 is 0 Å². The number of carbonyl (C=O) groups is 1. The number of aliphatic hydroxyl groups is 1. The number of benzene rings is 4. The molecular formula is C35H35IrN2O2-. The molecule has 0 unspecified atom stereocenters. The molecule has 207 valence electrons. The van der Waals surface area contributed by atoms with Crippen molar-refractivity contribution >= 4 is 49.3 Å². The van der Waals surface area contributed by atoms with Crippen molar-refractivity contribution in [3.05, 3.63) is 96.4 Å². The number of hydrogen-bond donors (Lipinski definition) is 1. The summed E-state index contributed by atoms with van der Waals surface area (Å²) >= 11 is 0. The van der Waals surface area contributed by atoms with Gasteiger partial charge in [-0.2, -0.15) is 0 Å². The third kappa shape index (κ3) is 5.29. The number of para-hydroxylation sites is 1. The molecular weight excluding hydrogens is 673 g/mol. The Balaban J connectivity index is 0.000000229. The Bertz CT molecular complexity index is 1850. The summed E-state index contributed by atoms with van der Waals surface area (Å²) in [4.78, 5) is 16.3. The smallest absolute Gasteiger partial charge is 0.164 e. The van der Waals surface area contributed by atoms with Gasteiger partial charge in [-0.25, -0.2) is 0 Å². The summed E-state index contributed by atoms with van der Waals surface area (Å²) in [6.07, 6.45) is 3.25. The first-order valence-electron chi connectivity index (χ1n) is 13.3. The normalized spacial score (nSPS) is 12.5. The van der Waals surface area contributed by atoms with E-state index in [1.54, 1.807) is 0 Å². The molecule has 1 radical (unpaired) electrons. The van der Waals surface area contributed by atoms with Crippen LogP contribution in [-0.2, 0) is 24.9 Å². The zero-order valence-corrected chi connectivity index (χ0v) is 26.5. The number of aryl methyl sites for hydroxylation is 1. The Morgan fingerprint density at radius 1 is 0.825 bits per heavy atom. The van der Waals surface area contributed by atoms with Crippen LogP contribution in [0.3, 0.4) is 0 Å². The zero-order chi connectivity index (χ0) is 28.1. The maximum atomic E-state index is 11.5. The van der Waals surface area contributed by atoms with Crippen molar-refractivity contribution in [3.63, 3.8) is 0 Å². The molecule has 5 heteroatoms. The molecule has 2 aromatic heterocycles. The van der Waals surface area contributed by atoms with E-state index in [0.717, 1.165) is 16.5 Å². The Morgan fingerprint density at radius 3 is 2.15 bits per heavy atom. The first-order valence-corrected chi connectivity index (χ1v) is 13.3. The monoisotopic (exact) mass is 708 g/mol. The number of ketones is 1. The molecule has 6 rings (SSSR count). The van der Waals surface area contributed by atoms with Crippen LogP contribution in [0.4, 0.5) is 0 Å². The number of nitrogens with zero attached hydrogens (tertiary/aromatic N) is 2. The molecule has 4 aromatic carbocycles. The Kier molecular flexibility index (Phi) is 7.95. The number of aromatic nitrogens is 2. The van der Waals surface area contributed by atoms with Gasteiger partial charge in [-0.05, 0) is 40.6 Å². The zero-order valence-electron chi connectivity index (χ0n) is 24.1. The van der Waals surface area contributed by atoms with Crippen LogP contribution < -0.4 is 0 Å². The molecule has 1 N–H and O–H groups in total. The van der Waals surface area contributed by atoms with Gasteiger partial charge < -0.3 is 14.7 Å². The summed E-state index contributed by atoms with van der Waals surface area (Å²) in [5.74, 6) is 0.104. The van der Waals surface area contributed by atoms with Crippen LogP contribution in [0.25, 0.3) is 49.2 Å². The standard InChI is InChI=1S/C24H15N2.C11H20O2.Ir/c1-15-10-11-17-18-8-5-9-20-22(18)23-21(12-13-25-24(23)19(17)14-15)26(20)16-6-3-2-4-7-16;1-10(2,3)8(12)7-9(13)11(4,5)6;/h2-13H,1H3;7,12H,1-6H3;/q-1;;/b;8-7-;. The van der Waals surface area contributed by atoms with Gasteiger partial charge in [0, 0.05) is 54.4 Å². The number of pyridine rings is 1. The molecule has 0 fully saturated rings. The predicted molar refractivity (Wildman–Crippen MR) is 163 cm³/mol. The van der Waals surface area contributed by atoms with Gasteiger partial charge in [0.15, 0.2) is 5.78 Å². The molecule has 0 atom stereocenters. The summed E-state index contributed by atoms with van der Waals surface area (Å²) in [6, 6.07) is 27.1. The van der Waals surface area contributed by atoms with Gasteiger partial charge in [0.25, 0.3) is 0 Å². The van der Waals surface area contributed by atoms with Crippen LogP contribution in [0, 0.1) is 23.8 Å². The number of rotatable bonds is 2. The molecule has 2 heterocycles. The van der Waals surface area contributed by atoms with Crippen molar-refractivity contribution in [1.82, 2.24) is 9.55 Å². The number of aliphatic hydroxyl groups excluding tert-OH is 1. The number of carbonyl (C=O) groups excluding carboxylic acids is 1. The minimum Gasteiger partial charge on any atom is -0.512 e. The van der Waals surface area contributed by atoms with E-state index in [4.69, 9.17) is 4.98 Å². The quantitative estimate of drug-likeness (QED) is 0.0846. The van der Waals surface area contributed by atoms with Crippen molar-refractivity contribution in [2.75, 3.05) is 0 Å². The summed E-state index contributed by atoms with van der Waals surface area (Å²) in [5, 5.41) is 15.7. The van der Waals surface area contributed by atoms with Gasteiger partial charge in [-0.1, -0.05) is 89.6 Å². The third-order valence-corrected chi connectivity index (χ3v) is 7.11. The van der Waals surface area contributed by atoms with Crippen LogP contribution in [0.2, 0.25) is 0 Å². The number of fused-ring (bicyclic) bond motifs is 3. The summed E-state index contributed by atoms with van der Waals surface area (Å²) in [6.45, 7) is 13.2. The van der Waals surface area contributed by atoms with Gasteiger partial charge in [0.1, 0.15) is 5.76 Å². The molecule has 6 aromatic rings. The molecule has 40 heavy (non-hydrogen) atoms. The van der Waals surface area contributed by atoms with Gasteiger partial charge >= 0.3 is 0 Å². The van der Waals surface area contributed by atoms with E-state index in [1.807, 2.05) is 47.7 Å². The molecule has 0 aliphatic rings. The van der Waals surface area contributed by atoms with Crippen molar-refractivity contribution in [3.8, 4) is 5.69 Å². The van der Waals surface area contributed by atoms with Crippen molar-refractivity contribution in [2.24, 2.45) is 10.8 Å². The van der Waals surface area contributed by atoms with Crippen LogP contribution in [-0.4, -0.2) is 20.4 Å². The van der Waals surface area contributed by atoms with E-state index >= 15 is 0 Å². The minimum absolute atomic E-state index is 0. The second-order valence-electron chi connectivity index (χ2n) is 12.2. The molecule has 0 bridgehead atoms. The largest absolute Gasteiger partial charge is 0.512 e. The van der Waals surface area contributed by atoms with Crippen LogP contribution in [0.15, 0.2) is 84.8 Å². The first-order chi connectivity index (χ1) is 18.4. The van der Waals surface area contributed by atoms with E-state index in [2.05, 4.69) is 84.3 Å². The molecule has 0 amide bonds. The van der Waals surface area contributed by atoms with E-state index in [-0.39, 0.29) is 37.1 Å². The molecule has 0 saturated heterocycles. The van der Waals surface area contributed by atoms with Crippen LogP contribution in [0.1, 0.15) is 47.1 Å². The number of hydrogen-bond acceptors (Lipinski definition) is 3. The maximum absolute atomic E-state index is 11.5. The third-order valence-electron chi connectivity index (χ3n) is 7.11. The molecule has 0 aliphatic carbocycles. The first kappa shape index (κ1) is 29.5. The van der Waals surface area contributed by atoms with E-state index in [0.29, 0.717) is 0 Å². The molecule has 4 nitrogen and oxygen atoms in total. The van der Waals surface area contributed by atoms with Gasteiger partial charge in [-0.15, -0.1) is 29.1 Å². The minimum atomic E-state index is -0.417. The summed E-state index contributed by atoms with van der Waals surface area (Å²) in [7, 11) is 0. The fourth-order valence-electron chi connectivity index (χ4n) is 4.84. The van der Waals surface area contributed by atoms with Crippen molar-refractivity contribution in [2.45, 2.75) is 48.5 Å². The topological polar surface area (TPSA) is 55.1 Å². The Morgan fingerprint density at radius 2 is 1.50 bits per heavy atom. The summed E-state index contributed by atoms with van der Waals surface area (Å²) < 4.78 is 2.35. The van der Waals surface area contributed by atoms with Crippen molar-refractivity contribution < 1.29 is 30.0 Å². The van der Waals surface area contributed by atoms with E-state index < -0.39 is 5.41 Å². The Hall–Kier alpha value is -3.53. The van der Waals surface area contributed by atoms with Gasteiger partial charge in [-0.3, -0.25) is 4.79 Å². The fraction of sp³-hybridized carbons (Fsp3) is 0.257. The maximum Gasteiger partial charge on any atom is 0.164 e. The second-order valence-corrected chi connectivity index (χ2v) is 12.2. The number of allylic oxidation sites excluding steroid dienone is 2. The Labute approximate surface area is 249 Å². The average Bonchev–Trinajstić information content (AvgIpc) is 3.23. The van der Waals surface area contributed by atoms with Gasteiger partial charge in [0.2, 0.25) is 0 Å². The average molecular weight is 708 g/mol. The van der Waals surface area contributed by atoms with E-state index in [1.165, 1.54) is 44.3 Å². The fourth-order valence-corrected chi connectivity index (χ4v) is 4.84. The van der Waals surface area contributed by atoms with Crippen LogP contribution in [0.5, 0.6) is 0 Å². The summed E-state index contributed by atoms with van der Waals surface area (Å²) in [5.41, 5.74) is 5.02. The van der Waals surface area contributed by atoms with E-state index in [9.17, 15) is 9.90 Å². The molecule has 0 saturated carbocycles. The SMILES string of the molecule is CC(C)(C)C(=O)/C=C(\O)C(C)(C)C.Cc1[c-]c2c(cc1)c1cccc3c1c1c2nccc1n3-c1ccccc1.[Ir]. The second kappa shape index (κ2) is 10.8. The molecule has 0 aliphatic heterocycles.